The number of hydrogen-bond acceptors (Lipinski definition) is 5. The Balaban J connectivity index is 1.97. The molecule has 1 aromatic rings. The Kier molecular flexibility index (Phi) is 7.33. The lowest BCUT2D eigenvalue weighted by molar-refractivity contribution is -0.106. The lowest BCUT2D eigenvalue weighted by Gasteiger charge is -2.22. The van der Waals surface area contributed by atoms with Crippen molar-refractivity contribution in [2.75, 3.05) is 12.4 Å². The van der Waals surface area contributed by atoms with Crippen molar-refractivity contribution in [2.24, 2.45) is 0 Å². The quantitative estimate of drug-likeness (QED) is 0.448. The number of ether oxygens (including phenoxy) is 2. The summed E-state index contributed by atoms with van der Waals surface area (Å²) in [5, 5.41) is 0.310. The van der Waals surface area contributed by atoms with E-state index in [-0.39, 0.29) is 11.5 Å². The molecule has 1 saturated heterocycles. The molecule has 1 atom stereocenters. The monoisotopic (exact) mass is 390 g/mol. The third-order valence-electron chi connectivity index (χ3n) is 3.74. The van der Waals surface area contributed by atoms with Crippen LogP contribution in [-0.4, -0.2) is 34.8 Å². The van der Waals surface area contributed by atoms with Crippen LogP contribution in [0.5, 0.6) is 5.75 Å². The Morgan fingerprint density at radius 3 is 2.85 bits per heavy atom. The molecule has 0 aromatic carbocycles. The van der Waals surface area contributed by atoms with Crippen LogP contribution in [0.15, 0.2) is 39.4 Å². The molecule has 0 saturated carbocycles. The van der Waals surface area contributed by atoms with Gasteiger partial charge in [0.15, 0.2) is 11.4 Å². The van der Waals surface area contributed by atoms with Gasteiger partial charge in [-0.3, -0.25) is 9.78 Å². The van der Waals surface area contributed by atoms with E-state index in [1.54, 1.807) is 13.0 Å². The van der Waals surface area contributed by atoms with Gasteiger partial charge in [0.05, 0.1) is 12.8 Å². The average molecular weight is 390 g/mol. The lowest BCUT2D eigenvalue weighted by Crippen LogP contribution is -2.27. The Hall–Kier alpha value is -1.74. The predicted octanol–water partition coefficient (Wildman–Crippen LogP) is 4.22. The first-order chi connectivity index (χ1) is 12.3. The van der Waals surface area contributed by atoms with Crippen molar-refractivity contribution in [1.82, 2.24) is 9.97 Å². The molecule has 0 amide bonds. The van der Waals surface area contributed by atoms with Gasteiger partial charge in [-0.05, 0) is 32.3 Å². The third-order valence-corrected chi connectivity index (χ3v) is 4.69. The molecule has 26 heavy (non-hydrogen) atoms. The van der Waals surface area contributed by atoms with Crippen LogP contribution >= 0.6 is 11.8 Å². The van der Waals surface area contributed by atoms with Crippen LogP contribution in [0.2, 0.25) is 0 Å². The fourth-order valence-electron chi connectivity index (χ4n) is 2.19. The minimum absolute atomic E-state index is 0.0697. The van der Waals surface area contributed by atoms with Crippen LogP contribution in [0.1, 0.15) is 33.1 Å². The van der Waals surface area contributed by atoms with Crippen molar-refractivity contribution in [2.45, 2.75) is 50.7 Å². The molecule has 0 bridgehead atoms. The second kappa shape index (κ2) is 9.27. The fraction of sp³-hybridized carbons (Fsp3) is 0.529. The number of allylic oxidation sites excluding steroid dienone is 3. The maximum Gasteiger partial charge on any atom is 0.412 e. The zero-order valence-corrected chi connectivity index (χ0v) is 15.4. The Bertz CT molecular complexity index is 723. The van der Waals surface area contributed by atoms with Crippen LogP contribution in [0.4, 0.5) is 13.2 Å². The summed E-state index contributed by atoms with van der Waals surface area (Å²) in [7, 11) is 0. The molecular weight excluding hydrogens is 369 g/mol. The summed E-state index contributed by atoms with van der Waals surface area (Å²) in [5.41, 5.74) is -0.631. The predicted molar refractivity (Wildman–Crippen MR) is 93.4 cm³/mol. The molecule has 1 fully saturated rings. The number of nitrogens with zero attached hydrogens (tertiary/aromatic N) is 1. The maximum absolute atomic E-state index is 12.6. The summed E-state index contributed by atoms with van der Waals surface area (Å²) in [6.07, 6.45) is 1.85. The molecule has 9 heteroatoms. The summed E-state index contributed by atoms with van der Waals surface area (Å²) >= 11 is 1.14. The lowest BCUT2D eigenvalue weighted by atomic mass is 10.2. The second-order valence-electron chi connectivity index (χ2n) is 5.77. The van der Waals surface area contributed by atoms with E-state index in [0.29, 0.717) is 23.8 Å². The van der Waals surface area contributed by atoms with E-state index in [2.05, 4.69) is 9.97 Å². The van der Waals surface area contributed by atoms with Gasteiger partial charge in [0, 0.05) is 17.7 Å². The van der Waals surface area contributed by atoms with Crippen molar-refractivity contribution < 1.29 is 22.6 Å². The molecule has 2 heterocycles. The highest BCUT2D eigenvalue weighted by Crippen LogP contribution is 2.27. The molecule has 5 nitrogen and oxygen atoms in total. The van der Waals surface area contributed by atoms with E-state index in [1.807, 2.05) is 0 Å². The Labute approximate surface area is 153 Å². The number of halogens is 3. The van der Waals surface area contributed by atoms with E-state index in [0.717, 1.165) is 37.6 Å². The molecular formula is C17H21F3N2O3S. The average Bonchev–Trinajstić information content (AvgIpc) is 2.60. The second-order valence-corrected chi connectivity index (χ2v) is 6.74. The van der Waals surface area contributed by atoms with Crippen molar-refractivity contribution in [3.8, 4) is 5.75 Å². The van der Waals surface area contributed by atoms with Gasteiger partial charge in [0.2, 0.25) is 5.75 Å². The first kappa shape index (κ1) is 20.6. The van der Waals surface area contributed by atoms with Gasteiger partial charge in [0.1, 0.15) is 0 Å². The number of aromatic nitrogens is 2. The van der Waals surface area contributed by atoms with Gasteiger partial charge >= 0.3 is 6.18 Å². The summed E-state index contributed by atoms with van der Waals surface area (Å²) < 4.78 is 48.7. The summed E-state index contributed by atoms with van der Waals surface area (Å²) in [6.45, 7) is 3.28. The van der Waals surface area contributed by atoms with Crippen LogP contribution in [0.25, 0.3) is 0 Å². The fourth-order valence-corrected chi connectivity index (χ4v) is 3.04. The van der Waals surface area contributed by atoms with E-state index < -0.39 is 23.6 Å². The first-order valence-corrected chi connectivity index (χ1v) is 9.19. The van der Waals surface area contributed by atoms with Crippen molar-refractivity contribution >= 4 is 11.8 Å². The van der Waals surface area contributed by atoms with Crippen LogP contribution in [0, 0.1) is 0 Å². The minimum atomic E-state index is -4.36. The number of alkyl halides is 3. The molecule has 0 spiro atoms. The molecule has 2 rings (SSSR count). The highest BCUT2D eigenvalue weighted by atomic mass is 32.2. The smallest absolute Gasteiger partial charge is 0.412 e. The van der Waals surface area contributed by atoms with E-state index >= 15 is 0 Å². The molecule has 1 aliphatic rings. The largest absolute Gasteiger partial charge is 0.458 e. The highest BCUT2D eigenvalue weighted by molar-refractivity contribution is 7.99. The minimum Gasteiger partial charge on any atom is -0.458 e. The van der Waals surface area contributed by atoms with Gasteiger partial charge < -0.3 is 9.47 Å². The molecule has 144 valence electrons. The maximum atomic E-state index is 12.6. The van der Waals surface area contributed by atoms with Crippen LogP contribution < -0.4 is 10.3 Å². The van der Waals surface area contributed by atoms with Gasteiger partial charge in [0.25, 0.3) is 5.56 Å². The first-order valence-electron chi connectivity index (χ1n) is 8.20. The zero-order chi connectivity index (χ0) is 19.2. The molecule has 1 aliphatic heterocycles. The highest BCUT2D eigenvalue weighted by Gasteiger charge is 2.29. The van der Waals surface area contributed by atoms with Crippen LogP contribution in [-0.2, 0) is 4.74 Å². The van der Waals surface area contributed by atoms with Crippen molar-refractivity contribution in [1.29, 1.82) is 0 Å². The van der Waals surface area contributed by atoms with Gasteiger partial charge in [-0.15, -0.1) is 0 Å². The summed E-state index contributed by atoms with van der Waals surface area (Å²) in [5.74, 6) is 0.319. The molecule has 0 radical (unpaired) electrons. The topological polar surface area (TPSA) is 64.2 Å². The molecule has 1 unspecified atom stereocenters. The normalized spacial score (nSPS) is 19.5. The van der Waals surface area contributed by atoms with Gasteiger partial charge in [-0.1, -0.05) is 23.9 Å². The summed E-state index contributed by atoms with van der Waals surface area (Å²) in [4.78, 5) is 18.7. The van der Waals surface area contributed by atoms with Gasteiger partial charge in [-0.2, -0.15) is 13.2 Å². The number of aromatic amines is 1. The third kappa shape index (κ3) is 6.21. The van der Waals surface area contributed by atoms with Gasteiger partial charge in [-0.25, -0.2) is 4.98 Å². The molecule has 1 N–H and O–H groups in total. The van der Waals surface area contributed by atoms with E-state index in [1.165, 1.54) is 6.20 Å². The Morgan fingerprint density at radius 1 is 1.50 bits per heavy atom. The molecule has 0 aliphatic carbocycles. The van der Waals surface area contributed by atoms with E-state index in [9.17, 15) is 18.0 Å². The van der Waals surface area contributed by atoms with E-state index in [4.69, 9.17) is 9.47 Å². The van der Waals surface area contributed by atoms with Crippen LogP contribution in [0.3, 0.4) is 0 Å². The number of H-pyrrole nitrogens is 1. The standard InChI is InChI=1S/C17H21F3N2O3S/c1-3-12(8-11(2)17(18,19)20)10-26-16-21-9-13(15(23)22-16)25-14-6-4-5-7-24-14/h3,8-9,14H,4-7,10H2,1-2H3,(H,21,22,23). The zero-order valence-electron chi connectivity index (χ0n) is 14.6. The van der Waals surface area contributed by atoms with Crippen molar-refractivity contribution in [3.05, 3.63) is 39.8 Å². The number of rotatable bonds is 6. The number of hydrogen-bond donors (Lipinski definition) is 1. The van der Waals surface area contributed by atoms with Crippen molar-refractivity contribution in [3.63, 3.8) is 0 Å². The number of nitrogens with one attached hydrogen (secondary N) is 1. The Morgan fingerprint density at radius 2 is 2.27 bits per heavy atom. The number of thioether (sulfide) groups is 1. The molecule has 1 aromatic heterocycles. The summed E-state index contributed by atoms with van der Waals surface area (Å²) in [6, 6.07) is 0. The SMILES string of the molecule is CC=C(C=C(C)C(F)(F)F)CSc1ncc(OC2CCCCO2)c(=O)[nH]1.